The number of hydrogen-bond donors (Lipinski definition) is 3. The van der Waals surface area contributed by atoms with Crippen molar-refractivity contribution < 1.29 is 9.90 Å². The molecule has 0 saturated carbocycles. The molecule has 0 aliphatic heterocycles. The van der Waals surface area contributed by atoms with Crippen molar-refractivity contribution >= 4 is 5.91 Å². The minimum Gasteiger partial charge on any atom is -0.396 e. The number of H-pyrrole nitrogens is 1. The number of aliphatic hydroxyl groups excluding tert-OH is 1. The van der Waals surface area contributed by atoms with E-state index in [2.05, 4.69) is 15.5 Å². The van der Waals surface area contributed by atoms with Crippen LogP contribution in [0.1, 0.15) is 47.9 Å². The molecule has 1 aromatic heterocycles. The summed E-state index contributed by atoms with van der Waals surface area (Å²) in [5.74, 6) is -0.121. The molecule has 0 aromatic carbocycles. The normalized spacial score (nSPS) is 15.6. The molecule has 1 aromatic rings. The van der Waals surface area contributed by atoms with Gasteiger partial charge in [0.05, 0.1) is 0 Å². The molecule has 1 amide bonds. The first-order valence-corrected chi connectivity index (χ1v) is 6.24. The van der Waals surface area contributed by atoms with Crippen LogP contribution in [0.2, 0.25) is 0 Å². The van der Waals surface area contributed by atoms with Gasteiger partial charge in [-0.2, -0.15) is 5.10 Å². The molecule has 1 aliphatic rings. The van der Waals surface area contributed by atoms with E-state index in [1.807, 2.05) is 6.92 Å². The molecule has 2 rings (SSSR count). The van der Waals surface area contributed by atoms with Crippen LogP contribution in [0.5, 0.6) is 0 Å². The molecule has 1 aliphatic carbocycles. The summed E-state index contributed by atoms with van der Waals surface area (Å²) in [5, 5.41) is 18.8. The molecule has 0 bridgehead atoms. The van der Waals surface area contributed by atoms with Gasteiger partial charge in [-0.3, -0.25) is 9.89 Å². The van der Waals surface area contributed by atoms with Crippen LogP contribution in [0.4, 0.5) is 0 Å². The quantitative estimate of drug-likeness (QED) is 0.708. The molecule has 1 unspecified atom stereocenters. The van der Waals surface area contributed by atoms with Crippen molar-refractivity contribution in [1.82, 2.24) is 15.5 Å². The van der Waals surface area contributed by atoms with Crippen LogP contribution in [0.25, 0.3) is 0 Å². The van der Waals surface area contributed by atoms with E-state index >= 15 is 0 Å². The Hall–Kier alpha value is -1.36. The van der Waals surface area contributed by atoms with Crippen molar-refractivity contribution in [2.24, 2.45) is 0 Å². The van der Waals surface area contributed by atoms with E-state index in [1.165, 1.54) is 0 Å². The summed E-state index contributed by atoms with van der Waals surface area (Å²) in [6, 6.07) is 0.0289. The summed E-state index contributed by atoms with van der Waals surface area (Å²) in [6.45, 7) is 2.09. The lowest BCUT2D eigenvalue weighted by Crippen LogP contribution is -2.35. The molecule has 5 nitrogen and oxygen atoms in total. The Labute approximate surface area is 101 Å². The number of amides is 1. The van der Waals surface area contributed by atoms with E-state index in [1.54, 1.807) is 0 Å². The lowest BCUT2D eigenvalue weighted by Gasteiger charge is -2.14. The first kappa shape index (κ1) is 12.1. The number of fused-ring (bicyclic) bond motifs is 1. The average Bonchev–Trinajstić information content (AvgIpc) is 2.89. The standard InChI is InChI=1S/C12H19N3O2/c1-2-8(6-7-16)13-12(17)11-9-4-3-5-10(9)14-15-11/h8,16H,2-7H2,1H3,(H,13,17)(H,14,15). The SMILES string of the molecule is CCC(CCO)NC(=O)c1n[nH]c2c1CCC2. The van der Waals surface area contributed by atoms with Gasteiger partial charge in [0.2, 0.25) is 0 Å². The Kier molecular flexibility index (Phi) is 3.78. The molecule has 94 valence electrons. The van der Waals surface area contributed by atoms with Crippen LogP contribution in [-0.4, -0.2) is 33.9 Å². The lowest BCUT2D eigenvalue weighted by molar-refractivity contribution is 0.0923. The highest BCUT2D eigenvalue weighted by molar-refractivity contribution is 5.94. The van der Waals surface area contributed by atoms with Crippen LogP contribution in [0.15, 0.2) is 0 Å². The Balaban J connectivity index is 2.04. The van der Waals surface area contributed by atoms with Gasteiger partial charge < -0.3 is 10.4 Å². The number of aromatic amines is 1. The van der Waals surface area contributed by atoms with Crippen molar-refractivity contribution in [2.75, 3.05) is 6.61 Å². The van der Waals surface area contributed by atoms with Gasteiger partial charge in [0.25, 0.3) is 5.91 Å². The second-order valence-electron chi connectivity index (χ2n) is 4.47. The Bertz CT molecular complexity index is 400. The Morgan fingerprint density at radius 3 is 3.12 bits per heavy atom. The topological polar surface area (TPSA) is 78.0 Å². The number of carbonyl (C=O) groups is 1. The van der Waals surface area contributed by atoms with Crippen LogP contribution in [-0.2, 0) is 12.8 Å². The fourth-order valence-electron chi connectivity index (χ4n) is 2.30. The molecule has 3 N–H and O–H groups in total. The molecular formula is C12H19N3O2. The van der Waals surface area contributed by atoms with E-state index in [-0.39, 0.29) is 18.6 Å². The Morgan fingerprint density at radius 1 is 1.59 bits per heavy atom. The molecule has 0 fully saturated rings. The van der Waals surface area contributed by atoms with Crippen molar-refractivity contribution in [3.63, 3.8) is 0 Å². The lowest BCUT2D eigenvalue weighted by atomic mass is 10.1. The van der Waals surface area contributed by atoms with Crippen molar-refractivity contribution in [2.45, 2.75) is 45.1 Å². The fraction of sp³-hybridized carbons (Fsp3) is 0.667. The maximum absolute atomic E-state index is 12.0. The predicted octanol–water partition coefficient (Wildman–Crippen LogP) is 0.789. The molecular weight excluding hydrogens is 218 g/mol. The molecule has 5 heteroatoms. The second kappa shape index (κ2) is 5.31. The number of aryl methyl sites for hydroxylation is 1. The zero-order valence-electron chi connectivity index (χ0n) is 10.1. The summed E-state index contributed by atoms with van der Waals surface area (Å²) >= 11 is 0. The number of hydrogen-bond acceptors (Lipinski definition) is 3. The van der Waals surface area contributed by atoms with Crippen LogP contribution < -0.4 is 5.32 Å². The molecule has 17 heavy (non-hydrogen) atoms. The molecule has 1 heterocycles. The number of carbonyl (C=O) groups excluding carboxylic acids is 1. The fourth-order valence-corrected chi connectivity index (χ4v) is 2.30. The summed E-state index contributed by atoms with van der Waals surface area (Å²) in [4.78, 5) is 12.0. The van der Waals surface area contributed by atoms with Crippen LogP contribution >= 0.6 is 0 Å². The van der Waals surface area contributed by atoms with E-state index in [9.17, 15) is 4.79 Å². The van der Waals surface area contributed by atoms with Crippen molar-refractivity contribution in [3.05, 3.63) is 17.0 Å². The average molecular weight is 237 g/mol. The summed E-state index contributed by atoms with van der Waals surface area (Å²) in [7, 11) is 0. The van der Waals surface area contributed by atoms with Gasteiger partial charge in [0.1, 0.15) is 0 Å². The first-order chi connectivity index (χ1) is 8.26. The van der Waals surface area contributed by atoms with Gasteiger partial charge in [-0.15, -0.1) is 0 Å². The van der Waals surface area contributed by atoms with E-state index in [4.69, 9.17) is 5.11 Å². The molecule has 1 atom stereocenters. The minimum absolute atomic E-state index is 0.0289. The van der Waals surface area contributed by atoms with E-state index < -0.39 is 0 Å². The summed E-state index contributed by atoms with van der Waals surface area (Å²) in [5.41, 5.74) is 2.71. The summed E-state index contributed by atoms with van der Waals surface area (Å²) in [6.07, 6.45) is 4.43. The first-order valence-electron chi connectivity index (χ1n) is 6.24. The smallest absolute Gasteiger partial charge is 0.272 e. The number of rotatable bonds is 5. The third-order valence-corrected chi connectivity index (χ3v) is 3.33. The third kappa shape index (κ3) is 2.49. The van der Waals surface area contributed by atoms with Gasteiger partial charge >= 0.3 is 0 Å². The zero-order valence-corrected chi connectivity index (χ0v) is 10.1. The monoisotopic (exact) mass is 237 g/mol. The second-order valence-corrected chi connectivity index (χ2v) is 4.47. The van der Waals surface area contributed by atoms with Gasteiger partial charge in [-0.05, 0) is 32.1 Å². The number of aliphatic hydroxyl groups is 1. The highest BCUT2D eigenvalue weighted by atomic mass is 16.3. The maximum Gasteiger partial charge on any atom is 0.272 e. The van der Waals surface area contributed by atoms with Crippen molar-refractivity contribution in [1.29, 1.82) is 0 Å². The predicted molar refractivity (Wildman–Crippen MR) is 63.9 cm³/mol. The number of nitrogens with zero attached hydrogens (tertiary/aromatic N) is 1. The Morgan fingerprint density at radius 2 is 2.41 bits per heavy atom. The van der Waals surface area contributed by atoms with Crippen LogP contribution in [0.3, 0.4) is 0 Å². The highest BCUT2D eigenvalue weighted by Gasteiger charge is 2.23. The van der Waals surface area contributed by atoms with E-state index in [0.29, 0.717) is 12.1 Å². The van der Waals surface area contributed by atoms with Gasteiger partial charge in [-0.25, -0.2) is 0 Å². The highest BCUT2D eigenvalue weighted by Crippen LogP contribution is 2.22. The molecule has 0 spiro atoms. The summed E-state index contributed by atoms with van der Waals surface area (Å²) < 4.78 is 0. The molecule has 0 saturated heterocycles. The zero-order chi connectivity index (χ0) is 12.3. The van der Waals surface area contributed by atoms with E-state index in [0.717, 1.165) is 36.9 Å². The van der Waals surface area contributed by atoms with Gasteiger partial charge in [0.15, 0.2) is 5.69 Å². The van der Waals surface area contributed by atoms with Gasteiger partial charge in [0, 0.05) is 23.9 Å². The maximum atomic E-state index is 12.0. The minimum atomic E-state index is -0.121. The number of aromatic nitrogens is 2. The van der Waals surface area contributed by atoms with Gasteiger partial charge in [-0.1, -0.05) is 6.92 Å². The molecule has 0 radical (unpaired) electrons. The van der Waals surface area contributed by atoms with Crippen LogP contribution in [0, 0.1) is 0 Å². The van der Waals surface area contributed by atoms with Crippen molar-refractivity contribution in [3.8, 4) is 0 Å². The number of nitrogens with one attached hydrogen (secondary N) is 2. The third-order valence-electron chi connectivity index (χ3n) is 3.33. The largest absolute Gasteiger partial charge is 0.396 e.